The molecule has 0 fully saturated rings. The van der Waals surface area contributed by atoms with Gasteiger partial charge in [0.25, 0.3) is 0 Å². The molecular weight excluding hydrogens is 118 g/mol. The zero-order valence-corrected chi connectivity index (χ0v) is 5.08. The molecule has 0 atom stereocenters. The van der Waals surface area contributed by atoms with E-state index in [0.29, 0.717) is 12.4 Å². The van der Waals surface area contributed by atoms with Gasteiger partial charge in [0.05, 0.1) is 0 Å². The molecule has 0 aromatic carbocycles. The number of aryl methyl sites for hydroxylation is 1. The molecule has 0 aliphatic rings. The highest BCUT2D eigenvalue weighted by Gasteiger charge is 1.94. The second kappa shape index (κ2) is 3.19. The highest BCUT2D eigenvalue weighted by molar-refractivity contribution is 4.71. The highest BCUT2D eigenvalue weighted by atomic mass is 16.4. The molecule has 9 heavy (non-hydrogen) atoms. The maximum atomic E-state index is 5.26. The Morgan fingerprint density at radius 2 is 2.56 bits per heavy atom. The van der Waals surface area contributed by atoms with E-state index in [-0.39, 0.29) is 0 Å². The first-order chi connectivity index (χ1) is 4.43. The number of hydrogen-bond acceptors (Lipinski definition) is 4. The smallest absolute Gasteiger partial charge is 0.216 e. The molecule has 0 unspecified atom stereocenters. The molecular formula is C5H9N3O. The van der Waals surface area contributed by atoms with Crippen molar-refractivity contribution < 1.29 is 4.42 Å². The second-order valence-corrected chi connectivity index (χ2v) is 1.72. The summed E-state index contributed by atoms with van der Waals surface area (Å²) in [5, 5.41) is 7.20. The van der Waals surface area contributed by atoms with Gasteiger partial charge in [0, 0.05) is 6.42 Å². The second-order valence-electron chi connectivity index (χ2n) is 1.72. The van der Waals surface area contributed by atoms with Crippen LogP contribution in [0, 0.1) is 0 Å². The van der Waals surface area contributed by atoms with E-state index in [0.717, 1.165) is 12.8 Å². The predicted molar refractivity (Wildman–Crippen MR) is 31.7 cm³/mol. The van der Waals surface area contributed by atoms with E-state index in [1.165, 1.54) is 6.39 Å². The molecule has 0 bridgehead atoms. The van der Waals surface area contributed by atoms with Gasteiger partial charge in [-0.1, -0.05) is 0 Å². The Bertz CT molecular complexity index is 149. The third kappa shape index (κ3) is 1.81. The van der Waals surface area contributed by atoms with E-state index in [1.807, 2.05) is 0 Å². The molecule has 0 spiro atoms. The summed E-state index contributed by atoms with van der Waals surface area (Å²) in [4.78, 5) is 0. The van der Waals surface area contributed by atoms with E-state index < -0.39 is 0 Å². The minimum Gasteiger partial charge on any atom is -0.428 e. The van der Waals surface area contributed by atoms with E-state index in [1.54, 1.807) is 0 Å². The van der Waals surface area contributed by atoms with Gasteiger partial charge in [-0.2, -0.15) is 0 Å². The van der Waals surface area contributed by atoms with Crippen molar-refractivity contribution in [3.05, 3.63) is 12.3 Å². The summed E-state index contributed by atoms with van der Waals surface area (Å²) in [7, 11) is 0. The monoisotopic (exact) mass is 127 g/mol. The van der Waals surface area contributed by atoms with Crippen LogP contribution in [0.3, 0.4) is 0 Å². The first kappa shape index (κ1) is 6.22. The summed E-state index contributed by atoms with van der Waals surface area (Å²) >= 11 is 0. The van der Waals surface area contributed by atoms with E-state index in [9.17, 15) is 0 Å². The third-order valence-corrected chi connectivity index (χ3v) is 1.000. The largest absolute Gasteiger partial charge is 0.428 e. The van der Waals surface area contributed by atoms with Gasteiger partial charge in [0.15, 0.2) is 0 Å². The van der Waals surface area contributed by atoms with Crippen LogP contribution < -0.4 is 5.73 Å². The van der Waals surface area contributed by atoms with Gasteiger partial charge in [-0.15, -0.1) is 10.2 Å². The zero-order valence-electron chi connectivity index (χ0n) is 5.08. The quantitative estimate of drug-likeness (QED) is 0.618. The standard InChI is InChI=1S/C5H9N3O/c6-3-1-2-5-8-7-4-9-5/h4H,1-3,6H2. The maximum Gasteiger partial charge on any atom is 0.216 e. The number of rotatable bonds is 3. The van der Waals surface area contributed by atoms with Crippen molar-refractivity contribution in [1.82, 2.24) is 10.2 Å². The van der Waals surface area contributed by atoms with Crippen LogP contribution in [0.4, 0.5) is 0 Å². The third-order valence-electron chi connectivity index (χ3n) is 1.000. The molecule has 0 saturated carbocycles. The highest BCUT2D eigenvalue weighted by Crippen LogP contribution is 1.94. The molecule has 50 valence electrons. The van der Waals surface area contributed by atoms with Crippen molar-refractivity contribution in [2.75, 3.05) is 6.54 Å². The first-order valence-corrected chi connectivity index (χ1v) is 2.88. The molecule has 0 aliphatic carbocycles. The van der Waals surface area contributed by atoms with Crippen LogP contribution in [0.5, 0.6) is 0 Å². The molecule has 1 rings (SSSR count). The summed E-state index contributed by atoms with van der Waals surface area (Å²) in [5.74, 6) is 0.667. The van der Waals surface area contributed by atoms with Gasteiger partial charge in [-0.3, -0.25) is 0 Å². The lowest BCUT2D eigenvalue weighted by Gasteiger charge is -1.87. The van der Waals surface area contributed by atoms with Gasteiger partial charge in [-0.25, -0.2) is 0 Å². The van der Waals surface area contributed by atoms with E-state index >= 15 is 0 Å². The van der Waals surface area contributed by atoms with Gasteiger partial charge >= 0.3 is 0 Å². The minimum absolute atomic E-state index is 0.667. The Kier molecular flexibility index (Phi) is 2.21. The normalized spacial score (nSPS) is 9.89. The molecule has 1 heterocycles. The summed E-state index contributed by atoms with van der Waals surface area (Å²) in [6.45, 7) is 0.669. The lowest BCUT2D eigenvalue weighted by molar-refractivity contribution is 0.487. The molecule has 1 aromatic rings. The van der Waals surface area contributed by atoms with Crippen LogP contribution in [0.1, 0.15) is 12.3 Å². The number of nitrogens with two attached hydrogens (primary N) is 1. The molecule has 2 N–H and O–H groups in total. The Balaban J connectivity index is 2.30. The lowest BCUT2D eigenvalue weighted by atomic mass is 10.3. The zero-order chi connectivity index (χ0) is 6.53. The SMILES string of the molecule is NCCCc1nnco1. The Labute approximate surface area is 53.1 Å². The molecule has 4 heteroatoms. The molecule has 0 aliphatic heterocycles. The Hall–Kier alpha value is -0.900. The minimum atomic E-state index is 0.667. The van der Waals surface area contributed by atoms with Crippen LogP contribution in [-0.4, -0.2) is 16.7 Å². The van der Waals surface area contributed by atoms with Crippen LogP contribution >= 0.6 is 0 Å². The predicted octanol–water partition coefficient (Wildman–Crippen LogP) is -0.0391. The summed E-state index contributed by atoms with van der Waals surface area (Å²) in [5.41, 5.74) is 5.26. The van der Waals surface area contributed by atoms with Crippen LogP contribution in [-0.2, 0) is 6.42 Å². The fourth-order valence-corrected chi connectivity index (χ4v) is 0.558. The van der Waals surface area contributed by atoms with Crippen molar-refractivity contribution in [3.63, 3.8) is 0 Å². The van der Waals surface area contributed by atoms with Crippen molar-refractivity contribution in [2.45, 2.75) is 12.8 Å². The van der Waals surface area contributed by atoms with E-state index in [2.05, 4.69) is 10.2 Å². The van der Waals surface area contributed by atoms with Crippen molar-refractivity contribution in [3.8, 4) is 0 Å². The Morgan fingerprint density at radius 3 is 3.11 bits per heavy atom. The summed E-state index contributed by atoms with van der Waals surface area (Å²) < 4.78 is 4.86. The first-order valence-electron chi connectivity index (χ1n) is 2.88. The van der Waals surface area contributed by atoms with Gasteiger partial charge in [-0.05, 0) is 13.0 Å². The van der Waals surface area contributed by atoms with Gasteiger partial charge in [0.2, 0.25) is 12.3 Å². The van der Waals surface area contributed by atoms with Gasteiger partial charge in [0.1, 0.15) is 0 Å². The molecule has 0 saturated heterocycles. The summed E-state index contributed by atoms with van der Waals surface area (Å²) in [6.07, 6.45) is 3.02. The topological polar surface area (TPSA) is 64.9 Å². The molecule has 1 aromatic heterocycles. The Morgan fingerprint density at radius 1 is 1.67 bits per heavy atom. The fraction of sp³-hybridized carbons (Fsp3) is 0.600. The van der Waals surface area contributed by atoms with Crippen molar-refractivity contribution in [2.24, 2.45) is 5.73 Å². The fourth-order valence-electron chi connectivity index (χ4n) is 0.558. The maximum absolute atomic E-state index is 5.26. The summed E-state index contributed by atoms with van der Waals surface area (Å²) in [6, 6.07) is 0. The van der Waals surface area contributed by atoms with Crippen LogP contribution in [0.25, 0.3) is 0 Å². The molecule has 4 nitrogen and oxygen atoms in total. The number of nitrogens with zero attached hydrogens (tertiary/aromatic N) is 2. The average Bonchev–Trinajstić information content (AvgIpc) is 2.34. The number of hydrogen-bond donors (Lipinski definition) is 1. The van der Waals surface area contributed by atoms with E-state index in [4.69, 9.17) is 10.2 Å². The number of aromatic nitrogens is 2. The van der Waals surface area contributed by atoms with Crippen LogP contribution in [0.15, 0.2) is 10.8 Å². The lowest BCUT2D eigenvalue weighted by Crippen LogP contribution is -2.00. The van der Waals surface area contributed by atoms with Crippen molar-refractivity contribution in [1.29, 1.82) is 0 Å². The molecule has 0 radical (unpaired) electrons. The molecule has 0 amide bonds. The van der Waals surface area contributed by atoms with Crippen molar-refractivity contribution >= 4 is 0 Å². The van der Waals surface area contributed by atoms with Gasteiger partial charge < -0.3 is 10.2 Å². The average molecular weight is 127 g/mol. The van der Waals surface area contributed by atoms with Crippen LogP contribution in [0.2, 0.25) is 0 Å².